The number of halogens is 1. The highest BCUT2D eigenvalue weighted by molar-refractivity contribution is 6.31. The fraction of sp³-hybridized carbons (Fsp3) is 0.588. The average Bonchev–Trinajstić information content (AvgIpc) is 3.04. The second-order valence-corrected chi connectivity index (χ2v) is 5.88. The molecule has 1 saturated heterocycles. The van der Waals surface area contributed by atoms with E-state index in [-0.39, 0.29) is 0 Å². The Morgan fingerprint density at radius 2 is 2.23 bits per heavy atom. The van der Waals surface area contributed by atoms with E-state index in [2.05, 4.69) is 28.6 Å². The largest absolute Gasteiger partial charge is 0.376 e. The molecule has 4 nitrogen and oxygen atoms in total. The van der Waals surface area contributed by atoms with E-state index in [1.54, 1.807) is 0 Å². The van der Waals surface area contributed by atoms with Crippen LogP contribution in [-0.2, 0) is 11.2 Å². The summed E-state index contributed by atoms with van der Waals surface area (Å²) in [5, 5.41) is 7.50. The number of hydrogen-bond donors (Lipinski definition) is 2. The smallest absolute Gasteiger partial charge is 0.191 e. The Hall–Kier alpha value is -1.26. The molecule has 1 heterocycles. The average molecular weight is 324 g/mol. The molecule has 2 rings (SSSR count). The van der Waals surface area contributed by atoms with Crippen LogP contribution in [0.5, 0.6) is 0 Å². The van der Waals surface area contributed by atoms with Crippen LogP contribution in [0.3, 0.4) is 0 Å². The summed E-state index contributed by atoms with van der Waals surface area (Å²) in [6.07, 6.45) is 4.56. The predicted octanol–water partition coefficient (Wildman–Crippen LogP) is 3.01. The number of nitrogens with zero attached hydrogens (tertiary/aromatic N) is 1. The number of hydrogen-bond acceptors (Lipinski definition) is 2. The summed E-state index contributed by atoms with van der Waals surface area (Å²) >= 11 is 6.17. The lowest BCUT2D eigenvalue weighted by Crippen LogP contribution is -2.38. The molecule has 1 unspecified atom stereocenters. The van der Waals surface area contributed by atoms with Gasteiger partial charge in [0, 0.05) is 24.7 Å². The van der Waals surface area contributed by atoms with E-state index in [0.717, 1.165) is 62.9 Å². The lowest BCUT2D eigenvalue weighted by Gasteiger charge is -2.13. The highest BCUT2D eigenvalue weighted by Gasteiger charge is 2.14. The normalized spacial score (nSPS) is 18.5. The van der Waals surface area contributed by atoms with Crippen molar-refractivity contribution in [3.63, 3.8) is 0 Å². The summed E-state index contributed by atoms with van der Waals surface area (Å²) in [6, 6.07) is 8.02. The fourth-order valence-electron chi connectivity index (χ4n) is 2.51. The van der Waals surface area contributed by atoms with Gasteiger partial charge in [-0.15, -0.1) is 0 Å². The molecular weight excluding hydrogens is 298 g/mol. The summed E-state index contributed by atoms with van der Waals surface area (Å²) in [4.78, 5) is 4.60. The van der Waals surface area contributed by atoms with Crippen molar-refractivity contribution in [1.29, 1.82) is 0 Å². The summed E-state index contributed by atoms with van der Waals surface area (Å²) in [6.45, 7) is 5.43. The van der Waals surface area contributed by atoms with Gasteiger partial charge in [-0.2, -0.15) is 0 Å². The van der Waals surface area contributed by atoms with Crippen LogP contribution < -0.4 is 10.6 Å². The van der Waals surface area contributed by atoms with Crippen LogP contribution in [0.2, 0.25) is 5.02 Å². The van der Waals surface area contributed by atoms with Crippen LogP contribution in [0, 0.1) is 0 Å². The first kappa shape index (κ1) is 17.1. The van der Waals surface area contributed by atoms with Crippen molar-refractivity contribution in [2.24, 2.45) is 4.99 Å². The van der Waals surface area contributed by atoms with E-state index in [1.807, 2.05) is 18.2 Å². The van der Waals surface area contributed by atoms with Gasteiger partial charge in [0.15, 0.2) is 5.96 Å². The van der Waals surface area contributed by atoms with E-state index < -0.39 is 0 Å². The van der Waals surface area contributed by atoms with Gasteiger partial charge in [0.25, 0.3) is 0 Å². The van der Waals surface area contributed by atoms with Crippen LogP contribution in [0.4, 0.5) is 0 Å². The maximum atomic E-state index is 6.17. The third-order valence-corrected chi connectivity index (χ3v) is 4.06. The van der Waals surface area contributed by atoms with Crippen molar-refractivity contribution in [2.45, 2.75) is 38.7 Å². The minimum atomic E-state index is 0.290. The SMILES string of the molecule is CCNC(=NCC1CCCO1)NCCCc1ccccc1Cl. The van der Waals surface area contributed by atoms with Gasteiger partial charge in [-0.05, 0) is 44.2 Å². The standard InChI is InChI=1S/C17H26ClN3O/c1-2-19-17(21-13-15-9-6-12-22-15)20-11-5-8-14-7-3-4-10-16(14)18/h3-4,7,10,15H,2,5-6,8-9,11-13H2,1H3,(H2,19,20,21). The Bertz CT molecular complexity index is 473. The molecule has 0 aliphatic carbocycles. The molecule has 1 atom stereocenters. The summed E-state index contributed by atoms with van der Waals surface area (Å²) < 4.78 is 5.60. The zero-order valence-electron chi connectivity index (χ0n) is 13.3. The third kappa shape index (κ3) is 5.85. The number of rotatable bonds is 7. The lowest BCUT2D eigenvalue weighted by atomic mass is 10.1. The molecule has 0 spiro atoms. The van der Waals surface area contributed by atoms with Crippen LogP contribution in [0.25, 0.3) is 0 Å². The summed E-state index contributed by atoms with van der Waals surface area (Å²) in [5.41, 5.74) is 1.20. The Balaban J connectivity index is 1.71. The van der Waals surface area contributed by atoms with Gasteiger partial charge in [0.2, 0.25) is 0 Å². The van der Waals surface area contributed by atoms with Gasteiger partial charge in [-0.3, -0.25) is 4.99 Å². The quantitative estimate of drug-likeness (QED) is 0.460. The molecule has 1 aromatic rings. The van der Waals surface area contributed by atoms with Crippen molar-refractivity contribution >= 4 is 17.6 Å². The van der Waals surface area contributed by atoms with Gasteiger partial charge in [-0.25, -0.2) is 0 Å². The van der Waals surface area contributed by atoms with Crippen molar-refractivity contribution in [3.8, 4) is 0 Å². The minimum Gasteiger partial charge on any atom is -0.376 e. The molecule has 0 saturated carbocycles. The zero-order valence-corrected chi connectivity index (χ0v) is 14.0. The van der Waals surface area contributed by atoms with E-state index in [1.165, 1.54) is 5.56 Å². The Morgan fingerprint density at radius 3 is 2.95 bits per heavy atom. The molecule has 1 aromatic carbocycles. The van der Waals surface area contributed by atoms with Gasteiger partial charge in [0.05, 0.1) is 12.6 Å². The molecule has 0 radical (unpaired) electrons. The Kier molecular flexibility index (Phi) is 7.54. The first-order chi connectivity index (χ1) is 10.8. The first-order valence-corrected chi connectivity index (χ1v) is 8.54. The van der Waals surface area contributed by atoms with E-state index in [4.69, 9.17) is 16.3 Å². The molecular formula is C17H26ClN3O. The molecule has 1 fully saturated rings. The first-order valence-electron chi connectivity index (χ1n) is 8.16. The monoisotopic (exact) mass is 323 g/mol. The molecule has 0 bridgehead atoms. The maximum absolute atomic E-state index is 6.17. The number of aryl methyl sites for hydroxylation is 1. The fourth-order valence-corrected chi connectivity index (χ4v) is 2.74. The molecule has 5 heteroatoms. The van der Waals surface area contributed by atoms with Gasteiger partial charge < -0.3 is 15.4 Å². The van der Waals surface area contributed by atoms with Gasteiger partial charge in [-0.1, -0.05) is 29.8 Å². The summed E-state index contributed by atoms with van der Waals surface area (Å²) in [5.74, 6) is 0.872. The number of guanidine groups is 1. The Morgan fingerprint density at radius 1 is 1.36 bits per heavy atom. The molecule has 1 aliphatic heterocycles. The molecule has 1 aliphatic rings. The van der Waals surface area contributed by atoms with Crippen LogP contribution in [0.1, 0.15) is 31.7 Å². The molecule has 0 amide bonds. The molecule has 22 heavy (non-hydrogen) atoms. The third-order valence-electron chi connectivity index (χ3n) is 3.69. The maximum Gasteiger partial charge on any atom is 0.191 e. The molecule has 0 aromatic heterocycles. The van der Waals surface area contributed by atoms with E-state index >= 15 is 0 Å². The van der Waals surface area contributed by atoms with Gasteiger partial charge >= 0.3 is 0 Å². The van der Waals surface area contributed by atoms with E-state index in [0.29, 0.717) is 6.10 Å². The zero-order chi connectivity index (χ0) is 15.6. The number of nitrogens with one attached hydrogen (secondary N) is 2. The van der Waals surface area contributed by atoms with Crippen molar-refractivity contribution in [2.75, 3.05) is 26.2 Å². The van der Waals surface area contributed by atoms with E-state index in [9.17, 15) is 0 Å². The number of ether oxygens (including phenoxy) is 1. The van der Waals surface area contributed by atoms with Gasteiger partial charge in [0.1, 0.15) is 0 Å². The Labute approximate surface area is 138 Å². The summed E-state index contributed by atoms with van der Waals surface area (Å²) in [7, 11) is 0. The molecule has 122 valence electrons. The predicted molar refractivity (Wildman–Crippen MR) is 92.7 cm³/mol. The second-order valence-electron chi connectivity index (χ2n) is 5.48. The lowest BCUT2D eigenvalue weighted by molar-refractivity contribution is 0.117. The van der Waals surface area contributed by atoms with Crippen molar-refractivity contribution in [1.82, 2.24) is 10.6 Å². The topological polar surface area (TPSA) is 45.7 Å². The minimum absolute atomic E-state index is 0.290. The second kappa shape index (κ2) is 9.70. The van der Waals surface area contributed by atoms with Crippen molar-refractivity contribution in [3.05, 3.63) is 34.9 Å². The van der Waals surface area contributed by atoms with Crippen LogP contribution in [-0.4, -0.2) is 38.3 Å². The molecule has 2 N–H and O–H groups in total. The van der Waals surface area contributed by atoms with Crippen molar-refractivity contribution < 1.29 is 4.74 Å². The highest BCUT2D eigenvalue weighted by Crippen LogP contribution is 2.16. The van der Waals surface area contributed by atoms with Crippen LogP contribution in [0.15, 0.2) is 29.3 Å². The number of aliphatic imine (C=N–C) groups is 1. The van der Waals surface area contributed by atoms with Crippen LogP contribution >= 0.6 is 11.6 Å². The number of benzene rings is 1. The highest BCUT2D eigenvalue weighted by atomic mass is 35.5.